The number of urea groups is 1. The number of rotatable bonds is 11. The normalized spacial score (nSPS) is 12.5. The van der Waals surface area contributed by atoms with E-state index in [1.165, 1.54) is 12.8 Å². The molecular weight excluding hydrogens is 342 g/mol. The summed E-state index contributed by atoms with van der Waals surface area (Å²) in [6.07, 6.45) is 3.94. The fourth-order valence-electron chi connectivity index (χ4n) is 2.49. The van der Waals surface area contributed by atoms with Crippen LogP contribution in [0.3, 0.4) is 0 Å². The molecule has 0 saturated carbocycles. The topological polar surface area (TPSA) is 82.6 Å². The van der Waals surface area contributed by atoms with Gasteiger partial charge in [0.25, 0.3) is 0 Å². The molecule has 0 bridgehead atoms. The molecule has 1 unspecified atom stereocenters. The highest BCUT2D eigenvalue weighted by molar-refractivity contribution is 5.89. The molecule has 154 valence electrons. The van der Waals surface area contributed by atoms with Crippen LogP contribution in [-0.2, 0) is 0 Å². The third-order valence-electron chi connectivity index (χ3n) is 4.05. The number of aliphatic hydroxyl groups is 1. The molecule has 1 rings (SSSR count). The first kappa shape index (κ1) is 23.2. The van der Waals surface area contributed by atoms with E-state index < -0.39 is 6.10 Å². The number of carbonyl (C=O) groups excluding carboxylic acids is 1. The molecule has 0 spiro atoms. The SMILES string of the molecule is CCCCCCNC(=O)Nc1ccc(OCC(O)CNC(C)(C)C)c(C)c1. The van der Waals surface area contributed by atoms with Gasteiger partial charge in [0.1, 0.15) is 18.5 Å². The molecule has 0 aliphatic carbocycles. The van der Waals surface area contributed by atoms with Crippen molar-refractivity contribution in [3.8, 4) is 5.75 Å². The van der Waals surface area contributed by atoms with Gasteiger partial charge in [0.05, 0.1) is 0 Å². The summed E-state index contributed by atoms with van der Waals surface area (Å²) in [4.78, 5) is 11.9. The molecule has 27 heavy (non-hydrogen) atoms. The standard InChI is InChI=1S/C21H37N3O3/c1-6-7-8-9-12-22-20(26)24-17-10-11-19(16(2)13-17)27-15-18(25)14-23-21(3,4)5/h10-11,13,18,23,25H,6-9,12,14-15H2,1-5H3,(H2,22,24,26). The summed E-state index contributed by atoms with van der Waals surface area (Å²) in [6.45, 7) is 11.6. The number of hydrogen-bond donors (Lipinski definition) is 4. The molecule has 4 N–H and O–H groups in total. The van der Waals surface area contributed by atoms with Gasteiger partial charge in [0.15, 0.2) is 0 Å². The predicted octanol–water partition coefficient (Wildman–Crippen LogP) is 3.82. The average molecular weight is 380 g/mol. The van der Waals surface area contributed by atoms with Crippen molar-refractivity contribution in [3.05, 3.63) is 23.8 Å². The Bertz CT molecular complexity index is 570. The summed E-state index contributed by atoms with van der Waals surface area (Å²) < 4.78 is 5.71. The van der Waals surface area contributed by atoms with Gasteiger partial charge in [-0.05, 0) is 57.9 Å². The summed E-state index contributed by atoms with van der Waals surface area (Å²) in [7, 11) is 0. The Morgan fingerprint density at radius 3 is 2.59 bits per heavy atom. The number of anilines is 1. The zero-order valence-electron chi connectivity index (χ0n) is 17.5. The minimum Gasteiger partial charge on any atom is -0.491 e. The molecule has 0 aliphatic rings. The second-order valence-electron chi connectivity index (χ2n) is 8.02. The predicted molar refractivity (Wildman–Crippen MR) is 112 cm³/mol. The van der Waals surface area contributed by atoms with E-state index in [4.69, 9.17) is 4.74 Å². The van der Waals surface area contributed by atoms with Crippen LogP contribution in [0.15, 0.2) is 18.2 Å². The number of ether oxygens (including phenoxy) is 1. The van der Waals surface area contributed by atoms with Crippen LogP contribution in [0.1, 0.15) is 58.9 Å². The molecule has 0 fully saturated rings. The van der Waals surface area contributed by atoms with E-state index in [9.17, 15) is 9.90 Å². The first-order valence-electron chi connectivity index (χ1n) is 9.92. The Hall–Kier alpha value is -1.79. The molecule has 1 aromatic carbocycles. The number of amides is 2. The number of aliphatic hydroxyl groups excluding tert-OH is 1. The van der Waals surface area contributed by atoms with Crippen molar-refractivity contribution < 1.29 is 14.6 Å². The minimum atomic E-state index is -0.583. The van der Waals surface area contributed by atoms with Crippen molar-refractivity contribution in [3.63, 3.8) is 0 Å². The van der Waals surface area contributed by atoms with E-state index in [0.717, 1.165) is 24.1 Å². The van der Waals surface area contributed by atoms with Crippen LogP contribution in [0.4, 0.5) is 10.5 Å². The van der Waals surface area contributed by atoms with Gasteiger partial charge in [-0.3, -0.25) is 0 Å². The molecule has 6 nitrogen and oxygen atoms in total. The first-order chi connectivity index (χ1) is 12.7. The molecule has 6 heteroatoms. The minimum absolute atomic E-state index is 0.0409. The monoisotopic (exact) mass is 379 g/mol. The smallest absolute Gasteiger partial charge is 0.319 e. The second-order valence-corrected chi connectivity index (χ2v) is 8.02. The number of benzene rings is 1. The molecule has 0 heterocycles. The molecule has 0 aliphatic heterocycles. The van der Waals surface area contributed by atoms with E-state index in [1.807, 2.05) is 19.1 Å². The maximum atomic E-state index is 11.9. The Kier molecular flexibility index (Phi) is 10.2. The van der Waals surface area contributed by atoms with Crippen molar-refractivity contribution in [1.29, 1.82) is 0 Å². The number of hydrogen-bond acceptors (Lipinski definition) is 4. The van der Waals surface area contributed by atoms with Crippen molar-refractivity contribution >= 4 is 11.7 Å². The summed E-state index contributed by atoms with van der Waals surface area (Å²) >= 11 is 0. The van der Waals surface area contributed by atoms with Gasteiger partial charge >= 0.3 is 6.03 Å². The van der Waals surface area contributed by atoms with Gasteiger partial charge in [-0.15, -0.1) is 0 Å². The Balaban J connectivity index is 2.39. The Labute approximate surface area is 164 Å². The molecule has 1 atom stereocenters. The molecule has 1 aromatic rings. The van der Waals surface area contributed by atoms with Crippen molar-refractivity contribution in [2.24, 2.45) is 0 Å². The van der Waals surface area contributed by atoms with E-state index in [0.29, 0.717) is 18.8 Å². The highest BCUT2D eigenvalue weighted by atomic mass is 16.5. The Morgan fingerprint density at radius 1 is 1.22 bits per heavy atom. The van der Waals surface area contributed by atoms with Gasteiger partial charge < -0.3 is 25.8 Å². The van der Waals surface area contributed by atoms with Gasteiger partial charge in [0.2, 0.25) is 0 Å². The summed E-state index contributed by atoms with van der Waals surface area (Å²) in [5.41, 5.74) is 1.59. The fourth-order valence-corrected chi connectivity index (χ4v) is 2.49. The van der Waals surface area contributed by atoms with Crippen molar-refractivity contribution in [2.45, 2.75) is 71.9 Å². The molecule has 2 amide bonds. The maximum Gasteiger partial charge on any atom is 0.319 e. The largest absolute Gasteiger partial charge is 0.491 e. The van der Waals surface area contributed by atoms with Gasteiger partial charge in [0, 0.05) is 24.3 Å². The zero-order valence-corrected chi connectivity index (χ0v) is 17.5. The third-order valence-corrected chi connectivity index (χ3v) is 4.05. The summed E-state index contributed by atoms with van der Waals surface area (Å²) in [6, 6.07) is 5.30. The number of nitrogens with one attached hydrogen (secondary N) is 3. The molecule has 0 saturated heterocycles. The molecule has 0 aromatic heterocycles. The van der Waals surface area contributed by atoms with E-state index >= 15 is 0 Å². The quantitative estimate of drug-likeness (QED) is 0.441. The fraction of sp³-hybridized carbons (Fsp3) is 0.667. The van der Waals surface area contributed by atoms with Crippen molar-refractivity contribution in [2.75, 3.05) is 25.0 Å². The van der Waals surface area contributed by atoms with E-state index in [2.05, 4.69) is 43.6 Å². The zero-order chi connectivity index (χ0) is 20.3. The van der Waals surface area contributed by atoms with Gasteiger partial charge in [-0.25, -0.2) is 4.79 Å². The summed E-state index contributed by atoms with van der Waals surface area (Å²) in [5.74, 6) is 0.704. The average Bonchev–Trinajstić information content (AvgIpc) is 2.58. The Morgan fingerprint density at radius 2 is 1.96 bits per heavy atom. The maximum absolute atomic E-state index is 11.9. The lowest BCUT2D eigenvalue weighted by Crippen LogP contribution is -2.42. The number of carbonyl (C=O) groups is 1. The van der Waals surface area contributed by atoms with Gasteiger partial charge in [-0.2, -0.15) is 0 Å². The van der Waals surface area contributed by atoms with Crippen LogP contribution >= 0.6 is 0 Å². The van der Waals surface area contributed by atoms with Crippen molar-refractivity contribution in [1.82, 2.24) is 10.6 Å². The second kappa shape index (κ2) is 11.8. The lowest BCUT2D eigenvalue weighted by Gasteiger charge is -2.23. The molecular formula is C21H37N3O3. The van der Waals surface area contributed by atoms with E-state index in [1.54, 1.807) is 6.07 Å². The summed E-state index contributed by atoms with van der Waals surface area (Å²) in [5, 5.41) is 19.0. The first-order valence-corrected chi connectivity index (χ1v) is 9.92. The number of β-amino-alcohol motifs (C(OH)–C–C–N with tert-alkyl or cyclic N) is 1. The highest BCUT2D eigenvalue weighted by Gasteiger charge is 2.13. The third kappa shape index (κ3) is 10.8. The van der Waals surface area contributed by atoms with Crippen LogP contribution in [0, 0.1) is 6.92 Å². The van der Waals surface area contributed by atoms with Crippen LogP contribution in [0.2, 0.25) is 0 Å². The lowest BCUT2D eigenvalue weighted by atomic mass is 10.1. The van der Waals surface area contributed by atoms with Crippen LogP contribution in [-0.4, -0.2) is 42.5 Å². The van der Waals surface area contributed by atoms with Gasteiger partial charge in [-0.1, -0.05) is 26.2 Å². The molecule has 0 radical (unpaired) electrons. The van der Waals surface area contributed by atoms with Crippen LogP contribution in [0.25, 0.3) is 0 Å². The van der Waals surface area contributed by atoms with Crippen LogP contribution in [0.5, 0.6) is 5.75 Å². The van der Waals surface area contributed by atoms with E-state index in [-0.39, 0.29) is 18.2 Å². The number of aryl methyl sites for hydroxylation is 1. The lowest BCUT2D eigenvalue weighted by molar-refractivity contribution is 0.0997. The van der Waals surface area contributed by atoms with Crippen LogP contribution < -0.4 is 20.7 Å². The highest BCUT2D eigenvalue weighted by Crippen LogP contribution is 2.22. The number of unbranched alkanes of at least 4 members (excludes halogenated alkanes) is 3.